The second-order valence-corrected chi connectivity index (χ2v) is 7.81. The maximum Gasteiger partial charge on any atom is 0.274 e. The largest absolute Gasteiger partial charge is 0.341 e. The van der Waals surface area contributed by atoms with Gasteiger partial charge in [0, 0.05) is 4.47 Å². The molecule has 0 saturated carbocycles. The summed E-state index contributed by atoms with van der Waals surface area (Å²) in [7, 11) is 0. The molecule has 2 aromatic heterocycles. The average molecular weight is 465 g/mol. The van der Waals surface area contributed by atoms with Crippen LogP contribution >= 0.6 is 15.9 Å². The molecule has 4 aromatic rings. The summed E-state index contributed by atoms with van der Waals surface area (Å²) in [4.78, 5) is 20.7. The van der Waals surface area contributed by atoms with Crippen molar-refractivity contribution >= 4 is 21.8 Å². The summed E-state index contributed by atoms with van der Waals surface area (Å²) in [5, 5.41) is 11.3. The Labute approximate surface area is 182 Å². The number of carbonyl (C=O) groups is 1. The molecule has 0 fully saturated rings. The lowest BCUT2D eigenvalue weighted by Crippen LogP contribution is -2.29. The number of rotatable bonds is 6. The van der Waals surface area contributed by atoms with Crippen molar-refractivity contribution in [2.75, 3.05) is 0 Å². The highest BCUT2D eigenvalue weighted by atomic mass is 79.9. The van der Waals surface area contributed by atoms with Crippen molar-refractivity contribution in [3.63, 3.8) is 0 Å². The van der Waals surface area contributed by atoms with E-state index >= 15 is 0 Å². The Morgan fingerprint density at radius 3 is 2.73 bits per heavy atom. The van der Waals surface area contributed by atoms with E-state index < -0.39 is 0 Å². The van der Waals surface area contributed by atoms with Gasteiger partial charge in [0.1, 0.15) is 5.82 Å². The fraction of sp³-hybridized carbons (Fsp3) is 0.182. The summed E-state index contributed by atoms with van der Waals surface area (Å²) in [6.07, 6.45) is 2.47. The zero-order chi connectivity index (χ0) is 21.1. The van der Waals surface area contributed by atoms with Crippen LogP contribution in [0.5, 0.6) is 0 Å². The molecule has 0 aliphatic heterocycles. The van der Waals surface area contributed by atoms with Crippen LogP contribution in [0, 0.1) is 6.92 Å². The number of imidazole rings is 1. The number of aromatic nitrogens is 5. The Morgan fingerprint density at radius 2 is 2.00 bits per heavy atom. The maximum atomic E-state index is 12.9. The van der Waals surface area contributed by atoms with E-state index in [9.17, 15) is 4.79 Å². The van der Waals surface area contributed by atoms with Crippen LogP contribution in [0.3, 0.4) is 0 Å². The fourth-order valence-corrected chi connectivity index (χ4v) is 3.65. The molecule has 0 bridgehead atoms. The number of carbonyl (C=O) groups excluding carboxylic acids is 1. The molecule has 7 nitrogen and oxygen atoms in total. The van der Waals surface area contributed by atoms with Crippen LogP contribution in [0.2, 0.25) is 0 Å². The van der Waals surface area contributed by atoms with Crippen molar-refractivity contribution in [1.29, 1.82) is 0 Å². The lowest BCUT2D eigenvalue weighted by molar-refractivity contribution is 0.0928. The van der Waals surface area contributed by atoms with Crippen LogP contribution < -0.4 is 5.32 Å². The molecule has 152 valence electrons. The zero-order valence-corrected chi connectivity index (χ0v) is 18.2. The fourth-order valence-electron chi connectivity index (χ4n) is 3.26. The molecule has 2 heterocycles. The minimum atomic E-state index is -0.279. The van der Waals surface area contributed by atoms with E-state index in [2.05, 4.69) is 41.5 Å². The van der Waals surface area contributed by atoms with Crippen molar-refractivity contribution in [3.8, 4) is 16.9 Å². The first kappa shape index (κ1) is 20.0. The van der Waals surface area contributed by atoms with Gasteiger partial charge in [0.15, 0.2) is 5.69 Å². The van der Waals surface area contributed by atoms with Crippen LogP contribution in [0.1, 0.15) is 41.4 Å². The summed E-state index contributed by atoms with van der Waals surface area (Å²) < 4.78 is 2.58. The summed E-state index contributed by atoms with van der Waals surface area (Å²) in [6.45, 7) is 3.83. The summed E-state index contributed by atoms with van der Waals surface area (Å²) in [6, 6.07) is 17.4. The molecule has 1 atom stereocenters. The van der Waals surface area contributed by atoms with Gasteiger partial charge >= 0.3 is 0 Å². The molecule has 0 saturated heterocycles. The molecular formula is C22H21BrN6O. The third-order valence-corrected chi connectivity index (χ3v) is 5.38. The Morgan fingerprint density at radius 1 is 1.20 bits per heavy atom. The minimum Gasteiger partial charge on any atom is -0.341 e. The molecule has 2 aromatic carbocycles. The van der Waals surface area contributed by atoms with Crippen LogP contribution in [0.25, 0.3) is 16.9 Å². The van der Waals surface area contributed by atoms with E-state index in [-0.39, 0.29) is 11.9 Å². The molecule has 8 heteroatoms. The average Bonchev–Trinajstić information content (AvgIpc) is 3.40. The van der Waals surface area contributed by atoms with Crippen LogP contribution in [-0.2, 0) is 0 Å². The molecule has 0 spiro atoms. The standard InChI is InChI=1S/C22H21BrN6O/c1-3-18(21-24-13-19(25-21)15-8-5-4-6-9-15)26-22(30)20-14(2)29(28-27-20)17-11-7-10-16(23)12-17/h4-13,18H,3H2,1-2H3,(H,24,25)(H,26,30). The van der Waals surface area contributed by atoms with E-state index in [4.69, 9.17) is 0 Å². The number of nitrogens with zero attached hydrogens (tertiary/aromatic N) is 4. The lowest BCUT2D eigenvalue weighted by atomic mass is 10.2. The zero-order valence-electron chi connectivity index (χ0n) is 16.6. The van der Waals surface area contributed by atoms with Crippen molar-refractivity contribution in [3.05, 3.63) is 82.5 Å². The van der Waals surface area contributed by atoms with Crippen molar-refractivity contribution in [1.82, 2.24) is 30.3 Å². The molecule has 1 unspecified atom stereocenters. The highest BCUT2D eigenvalue weighted by Gasteiger charge is 2.22. The number of aromatic amines is 1. The van der Waals surface area contributed by atoms with Gasteiger partial charge in [-0.3, -0.25) is 4.79 Å². The first-order valence-corrected chi connectivity index (χ1v) is 10.5. The van der Waals surface area contributed by atoms with Gasteiger partial charge in [0.25, 0.3) is 5.91 Å². The molecule has 4 rings (SSSR count). The molecule has 2 N–H and O–H groups in total. The first-order valence-electron chi connectivity index (χ1n) is 9.66. The highest BCUT2D eigenvalue weighted by molar-refractivity contribution is 9.10. The Kier molecular flexibility index (Phi) is 5.76. The second-order valence-electron chi connectivity index (χ2n) is 6.90. The first-order chi connectivity index (χ1) is 14.6. The van der Waals surface area contributed by atoms with Gasteiger partial charge in [-0.2, -0.15) is 0 Å². The van der Waals surface area contributed by atoms with Crippen LogP contribution in [0.4, 0.5) is 0 Å². The third-order valence-electron chi connectivity index (χ3n) is 4.89. The molecule has 0 aliphatic carbocycles. The smallest absolute Gasteiger partial charge is 0.274 e. The molecule has 0 aliphatic rings. The van der Waals surface area contributed by atoms with Gasteiger partial charge in [-0.05, 0) is 37.1 Å². The Hall–Kier alpha value is -3.26. The topological polar surface area (TPSA) is 88.5 Å². The normalized spacial score (nSPS) is 12.0. The van der Waals surface area contributed by atoms with Gasteiger partial charge in [-0.1, -0.05) is 64.5 Å². The maximum absolute atomic E-state index is 12.9. The molecule has 30 heavy (non-hydrogen) atoms. The van der Waals surface area contributed by atoms with E-state index in [1.807, 2.05) is 68.4 Å². The number of nitrogens with one attached hydrogen (secondary N) is 2. The number of benzene rings is 2. The highest BCUT2D eigenvalue weighted by Crippen LogP contribution is 2.21. The van der Waals surface area contributed by atoms with Crippen molar-refractivity contribution in [2.45, 2.75) is 26.3 Å². The van der Waals surface area contributed by atoms with Crippen LogP contribution in [-0.4, -0.2) is 30.9 Å². The number of hydrogen-bond acceptors (Lipinski definition) is 4. The van der Waals surface area contributed by atoms with Crippen molar-refractivity contribution < 1.29 is 4.79 Å². The predicted octanol–water partition coefficient (Wildman–Crippen LogP) is 4.61. The summed E-state index contributed by atoms with van der Waals surface area (Å²) in [5.74, 6) is 0.431. The Balaban J connectivity index is 1.54. The summed E-state index contributed by atoms with van der Waals surface area (Å²) in [5.41, 5.74) is 3.76. The lowest BCUT2D eigenvalue weighted by Gasteiger charge is -2.14. The van der Waals surface area contributed by atoms with Gasteiger partial charge < -0.3 is 10.3 Å². The number of amides is 1. The third kappa shape index (κ3) is 4.04. The predicted molar refractivity (Wildman–Crippen MR) is 118 cm³/mol. The van der Waals surface area contributed by atoms with E-state index in [1.54, 1.807) is 10.9 Å². The molecular weight excluding hydrogens is 444 g/mol. The summed E-state index contributed by atoms with van der Waals surface area (Å²) >= 11 is 3.46. The Bertz CT molecular complexity index is 1170. The quantitative estimate of drug-likeness (QED) is 0.435. The van der Waals surface area contributed by atoms with E-state index in [0.29, 0.717) is 23.6 Å². The number of halogens is 1. The minimum absolute atomic E-state index is 0.259. The van der Waals surface area contributed by atoms with Gasteiger partial charge in [0.2, 0.25) is 0 Å². The van der Waals surface area contributed by atoms with Gasteiger partial charge in [-0.15, -0.1) is 5.10 Å². The second kappa shape index (κ2) is 8.62. The van der Waals surface area contributed by atoms with E-state index in [1.165, 1.54) is 0 Å². The molecule has 0 radical (unpaired) electrons. The SMILES string of the molecule is CCC(NC(=O)c1nnn(-c2cccc(Br)c2)c1C)c1ncc(-c2ccccc2)[nH]1. The monoisotopic (exact) mass is 464 g/mol. The van der Waals surface area contributed by atoms with E-state index in [0.717, 1.165) is 21.4 Å². The number of H-pyrrole nitrogens is 1. The molecule has 1 amide bonds. The van der Waals surface area contributed by atoms with Gasteiger partial charge in [-0.25, -0.2) is 9.67 Å². The van der Waals surface area contributed by atoms with Crippen LogP contribution in [0.15, 0.2) is 65.3 Å². The van der Waals surface area contributed by atoms with Gasteiger partial charge in [0.05, 0.1) is 29.3 Å². The van der Waals surface area contributed by atoms with Crippen molar-refractivity contribution in [2.24, 2.45) is 0 Å². The number of hydrogen-bond donors (Lipinski definition) is 2.